The summed E-state index contributed by atoms with van der Waals surface area (Å²) in [5.41, 5.74) is -0.127. The number of ether oxygens (including phenoxy) is 4. The molecule has 0 unspecified atom stereocenters. The van der Waals surface area contributed by atoms with E-state index in [-0.39, 0.29) is 35.8 Å². The predicted octanol–water partition coefficient (Wildman–Crippen LogP) is 2.58. The molecule has 0 N–H and O–H groups in total. The number of carbonyl (C=O) groups excluding carboxylic acids is 2. The lowest BCUT2D eigenvalue weighted by Gasteiger charge is -2.17. The molecule has 128 valence electrons. The largest absolute Gasteiger partial charge is 0.493 e. The SMILES string of the molecule is CCOC(=O)Cc1c(C(=O)OCC)ccc(OC)c1OC(F)F. The van der Waals surface area contributed by atoms with Crippen molar-refractivity contribution in [2.75, 3.05) is 20.3 Å². The molecule has 8 heteroatoms. The van der Waals surface area contributed by atoms with Crippen LogP contribution in [0.25, 0.3) is 0 Å². The first kappa shape index (κ1) is 18.7. The Morgan fingerprint density at radius 2 is 1.78 bits per heavy atom. The van der Waals surface area contributed by atoms with Crippen LogP contribution in [0.3, 0.4) is 0 Å². The fourth-order valence-corrected chi connectivity index (χ4v) is 1.92. The van der Waals surface area contributed by atoms with Crippen molar-refractivity contribution in [1.29, 1.82) is 0 Å². The van der Waals surface area contributed by atoms with Crippen molar-refractivity contribution in [1.82, 2.24) is 0 Å². The summed E-state index contributed by atoms with van der Waals surface area (Å²) < 4.78 is 44.4. The molecule has 0 radical (unpaired) electrons. The fraction of sp³-hybridized carbons (Fsp3) is 0.467. The van der Waals surface area contributed by atoms with Gasteiger partial charge in [0.15, 0.2) is 11.5 Å². The third-order valence-corrected chi connectivity index (χ3v) is 2.77. The summed E-state index contributed by atoms with van der Waals surface area (Å²) in [4.78, 5) is 23.7. The molecule has 0 saturated carbocycles. The van der Waals surface area contributed by atoms with Crippen LogP contribution in [0.5, 0.6) is 11.5 Å². The highest BCUT2D eigenvalue weighted by molar-refractivity contribution is 5.94. The molecule has 1 aromatic rings. The van der Waals surface area contributed by atoms with E-state index in [1.807, 2.05) is 0 Å². The molecule has 0 atom stereocenters. The van der Waals surface area contributed by atoms with E-state index >= 15 is 0 Å². The highest BCUT2D eigenvalue weighted by atomic mass is 19.3. The number of methoxy groups -OCH3 is 1. The van der Waals surface area contributed by atoms with Crippen LogP contribution in [0.4, 0.5) is 8.78 Å². The molecule has 1 rings (SSSR count). The van der Waals surface area contributed by atoms with E-state index in [1.165, 1.54) is 19.2 Å². The summed E-state index contributed by atoms with van der Waals surface area (Å²) >= 11 is 0. The minimum atomic E-state index is -3.15. The van der Waals surface area contributed by atoms with E-state index in [2.05, 4.69) is 4.74 Å². The molecular formula is C15H18F2O6. The van der Waals surface area contributed by atoms with Gasteiger partial charge >= 0.3 is 18.6 Å². The standard InChI is InChI=1S/C15H18F2O6/c1-4-21-12(18)8-10-9(14(19)22-5-2)6-7-11(20-3)13(10)23-15(16)17/h6-7,15H,4-5,8H2,1-3H3. The second-order valence-corrected chi connectivity index (χ2v) is 4.20. The normalized spacial score (nSPS) is 10.3. The van der Waals surface area contributed by atoms with E-state index in [0.717, 1.165) is 0 Å². The van der Waals surface area contributed by atoms with Gasteiger partial charge in [-0.3, -0.25) is 4.79 Å². The zero-order chi connectivity index (χ0) is 17.4. The van der Waals surface area contributed by atoms with E-state index in [0.29, 0.717) is 0 Å². The van der Waals surface area contributed by atoms with Crippen molar-refractivity contribution in [3.8, 4) is 11.5 Å². The maximum Gasteiger partial charge on any atom is 0.387 e. The summed E-state index contributed by atoms with van der Waals surface area (Å²) in [6, 6.07) is 2.61. The molecule has 0 spiro atoms. The van der Waals surface area contributed by atoms with Crippen molar-refractivity contribution >= 4 is 11.9 Å². The third kappa shape index (κ3) is 5.08. The van der Waals surface area contributed by atoms with Crippen molar-refractivity contribution in [2.24, 2.45) is 0 Å². The van der Waals surface area contributed by atoms with Gasteiger partial charge < -0.3 is 18.9 Å². The van der Waals surface area contributed by atoms with Crippen LogP contribution in [0.1, 0.15) is 29.8 Å². The number of benzene rings is 1. The van der Waals surface area contributed by atoms with Gasteiger partial charge in [-0.05, 0) is 26.0 Å². The molecule has 0 fully saturated rings. The Balaban J connectivity index is 3.38. The average molecular weight is 332 g/mol. The number of hydrogen-bond acceptors (Lipinski definition) is 6. The third-order valence-electron chi connectivity index (χ3n) is 2.77. The van der Waals surface area contributed by atoms with Crippen LogP contribution in [0.2, 0.25) is 0 Å². The van der Waals surface area contributed by atoms with Gasteiger partial charge in [0.1, 0.15) is 0 Å². The first-order valence-corrected chi connectivity index (χ1v) is 6.91. The molecule has 0 heterocycles. The smallest absolute Gasteiger partial charge is 0.387 e. The van der Waals surface area contributed by atoms with Crippen molar-refractivity contribution in [3.05, 3.63) is 23.3 Å². The topological polar surface area (TPSA) is 71.1 Å². The molecule has 0 bridgehead atoms. The van der Waals surface area contributed by atoms with Gasteiger partial charge in [-0.2, -0.15) is 8.78 Å². The predicted molar refractivity (Wildman–Crippen MR) is 75.9 cm³/mol. The molecular weight excluding hydrogens is 314 g/mol. The quantitative estimate of drug-likeness (QED) is 0.682. The first-order chi connectivity index (χ1) is 10.9. The Kier molecular flexibility index (Phi) is 7.24. The lowest BCUT2D eigenvalue weighted by molar-refractivity contribution is -0.142. The van der Waals surface area contributed by atoms with Gasteiger partial charge in [-0.25, -0.2) is 4.79 Å². The number of hydrogen-bond donors (Lipinski definition) is 0. The molecule has 0 aliphatic rings. The summed E-state index contributed by atoms with van der Waals surface area (Å²) in [5, 5.41) is 0. The van der Waals surface area contributed by atoms with Crippen molar-refractivity contribution in [3.63, 3.8) is 0 Å². The van der Waals surface area contributed by atoms with E-state index in [9.17, 15) is 18.4 Å². The Morgan fingerprint density at radius 3 is 2.30 bits per heavy atom. The molecule has 6 nitrogen and oxygen atoms in total. The van der Waals surface area contributed by atoms with Gasteiger partial charge in [0, 0.05) is 5.56 Å². The highest BCUT2D eigenvalue weighted by Crippen LogP contribution is 2.36. The second-order valence-electron chi connectivity index (χ2n) is 4.20. The summed E-state index contributed by atoms with van der Waals surface area (Å²) in [6.45, 7) is 0.259. The second kappa shape index (κ2) is 8.92. The molecule has 23 heavy (non-hydrogen) atoms. The maximum atomic E-state index is 12.7. The molecule has 0 aliphatic heterocycles. The van der Waals surface area contributed by atoms with Crippen LogP contribution in [0, 0.1) is 0 Å². The number of esters is 2. The molecule has 0 aliphatic carbocycles. The highest BCUT2D eigenvalue weighted by Gasteiger charge is 2.25. The lowest BCUT2D eigenvalue weighted by atomic mass is 10.0. The summed E-state index contributed by atoms with van der Waals surface area (Å²) in [7, 11) is 1.26. The fourth-order valence-electron chi connectivity index (χ4n) is 1.92. The van der Waals surface area contributed by atoms with E-state index < -0.39 is 25.0 Å². The zero-order valence-corrected chi connectivity index (χ0v) is 13.1. The number of alkyl halides is 2. The van der Waals surface area contributed by atoms with E-state index in [4.69, 9.17) is 14.2 Å². The minimum Gasteiger partial charge on any atom is -0.493 e. The number of carbonyl (C=O) groups is 2. The maximum absolute atomic E-state index is 12.7. The monoisotopic (exact) mass is 332 g/mol. The molecule has 1 aromatic carbocycles. The van der Waals surface area contributed by atoms with Gasteiger partial charge in [0.25, 0.3) is 0 Å². The van der Waals surface area contributed by atoms with Crippen LogP contribution >= 0.6 is 0 Å². The van der Waals surface area contributed by atoms with Crippen molar-refractivity contribution < 1.29 is 37.3 Å². The van der Waals surface area contributed by atoms with Crippen LogP contribution in [0.15, 0.2) is 12.1 Å². The lowest BCUT2D eigenvalue weighted by Crippen LogP contribution is -2.16. The Hall–Kier alpha value is -2.38. The Labute approximate surface area is 132 Å². The molecule has 0 amide bonds. The number of halogens is 2. The van der Waals surface area contributed by atoms with Gasteiger partial charge in [0.2, 0.25) is 0 Å². The Morgan fingerprint density at radius 1 is 1.13 bits per heavy atom. The average Bonchev–Trinajstić information content (AvgIpc) is 2.48. The van der Waals surface area contributed by atoms with Crippen LogP contribution in [-0.4, -0.2) is 38.9 Å². The van der Waals surface area contributed by atoms with Gasteiger partial charge in [0.05, 0.1) is 32.3 Å². The summed E-state index contributed by atoms with van der Waals surface area (Å²) in [5.74, 6) is -1.86. The Bertz CT molecular complexity index is 559. The first-order valence-electron chi connectivity index (χ1n) is 6.91. The van der Waals surface area contributed by atoms with Crippen LogP contribution < -0.4 is 9.47 Å². The van der Waals surface area contributed by atoms with Crippen LogP contribution in [-0.2, 0) is 20.7 Å². The minimum absolute atomic E-state index is 0.0300. The number of rotatable bonds is 8. The molecule has 0 aromatic heterocycles. The molecule has 0 saturated heterocycles. The van der Waals surface area contributed by atoms with Gasteiger partial charge in [-0.15, -0.1) is 0 Å². The zero-order valence-electron chi connectivity index (χ0n) is 13.1. The van der Waals surface area contributed by atoms with Crippen molar-refractivity contribution in [2.45, 2.75) is 26.9 Å². The summed E-state index contributed by atoms with van der Waals surface area (Å²) in [6.07, 6.45) is -0.429. The van der Waals surface area contributed by atoms with E-state index in [1.54, 1.807) is 13.8 Å². The van der Waals surface area contributed by atoms with Gasteiger partial charge in [-0.1, -0.05) is 0 Å².